The Morgan fingerprint density at radius 1 is 0.957 bits per heavy atom. The number of hydrogen-bond acceptors (Lipinski definition) is 4. The van der Waals surface area contributed by atoms with Crippen molar-refractivity contribution >= 4 is 28.6 Å². The third-order valence-corrected chi connectivity index (χ3v) is 3.81. The largest absolute Gasteiger partial charge is 0.368 e. The number of nitrogens with two attached hydrogens (primary N) is 1. The van der Waals surface area contributed by atoms with Crippen molar-refractivity contribution in [2.24, 2.45) is 0 Å². The molecule has 0 atom stereocenters. The minimum atomic E-state index is 0.215. The lowest BCUT2D eigenvalue weighted by Gasteiger charge is -2.02. The smallest absolute Gasteiger partial charge is 0.222 e. The van der Waals surface area contributed by atoms with E-state index in [0.717, 1.165) is 22.3 Å². The van der Waals surface area contributed by atoms with Crippen molar-refractivity contribution in [2.75, 3.05) is 5.73 Å². The lowest BCUT2D eigenvalue weighted by molar-refractivity contribution is 0.900. The topological polar surface area (TPSA) is 69.6 Å². The number of hydrogen-bond donors (Lipinski definition) is 1. The number of rotatable bonds is 2. The number of nitrogens with zero attached hydrogens (tertiary/aromatic N) is 4. The number of aromatic nitrogens is 4. The average Bonchev–Trinajstić information content (AvgIpc) is 2.95. The van der Waals surface area contributed by atoms with Crippen LogP contribution in [-0.4, -0.2) is 19.7 Å². The summed E-state index contributed by atoms with van der Waals surface area (Å²) in [5.41, 5.74) is 9.10. The molecule has 0 fully saturated rings. The Morgan fingerprint density at radius 2 is 1.70 bits per heavy atom. The van der Waals surface area contributed by atoms with Gasteiger partial charge in [0, 0.05) is 16.8 Å². The predicted molar refractivity (Wildman–Crippen MR) is 91.5 cm³/mol. The first-order valence-corrected chi connectivity index (χ1v) is 7.43. The molecule has 4 aromatic rings. The van der Waals surface area contributed by atoms with E-state index in [2.05, 4.69) is 9.97 Å². The van der Waals surface area contributed by atoms with Crippen molar-refractivity contribution in [3.8, 4) is 16.9 Å². The zero-order valence-electron chi connectivity index (χ0n) is 12.0. The van der Waals surface area contributed by atoms with Crippen molar-refractivity contribution in [3.05, 3.63) is 65.8 Å². The maximum atomic E-state index is 5.97. The second kappa shape index (κ2) is 5.37. The zero-order valence-corrected chi connectivity index (χ0v) is 12.8. The van der Waals surface area contributed by atoms with E-state index in [-0.39, 0.29) is 5.95 Å². The van der Waals surface area contributed by atoms with Gasteiger partial charge in [-0.2, -0.15) is 10.1 Å². The van der Waals surface area contributed by atoms with E-state index in [9.17, 15) is 0 Å². The summed E-state index contributed by atoms with van der Waals surface area (Å²) in [5, 5.41) is 6.23. The molecule has 0 radical (unpaired) electrons. The zero-order chi connectivity index (χ0) is 15.8. The molecule has 112 valence electrons. The molecule has 0 aliphatic carbocycles. The van der Waals surface area contributed by atoms with Gasteiger partial charge in [-0.05, 0) is 24.3 Å². The molecule has 0 aliphatic rings. The first-order chi connectivity index (χ1) is 11.2. The van der Waals surface area contributed by atoms with Gasteiger partial charge in [0.15, 0.2) is 5.65 Å². The molecule has 5 nitrogen and oxygen atoms in total. The van der Waals surface area contributed by atoms with Crippen molar-refractivity contribution in [1.82, 2.24) is 19.7 Å². The van der Waals surface area contributed by atoms with Crippen LogP contribution in [0.4, 0.5) is 5.95 Å². The lowest BCUT2D eigenvalue weighted by Crippen LogP contribution is -2.00. The van der Waals surface area contributed by atoms with E-state index in [1.54, 1.807) is 10.9 Å². The molecule has 23 heavy (non-hydrogen) atoms. The maximum Gasteiger partial charge on any atom is 0.222 e. The normalized spacial score (nSPS) is 11.0. The number of anilines is 1. The molecule has 0 amide bonds. The number of nitrogen functional groups attached to an aromatic ring is 1. The highest BCUT2D eigenvalue weighted by molar-refractivity contribution is 6.30. The third-order valence-electron chi connectivity index (χ3n) is 3.56. The van der Waals surface area contributed by atoms with Gasteiger partial charge < -0.3 is 5.73 Å². The highest BCUT2D eigenvalue weighted by Crippen LogP contribution is 2.28. The van der Waals surface area contributed by atoms with Gasteiger partial charge in [0.2, 0.25) is 5.95 Å². The molecule has 0 bridgehead atoms. The van der Waals surface area contributed by atoms with Crippen LogP contribution in [0.5, 0.6) is 0 Å². The molecule has 2 heterocycles. The van der Waals surface area contributed by atoms with E-state index in [1.165, 1.54) is 0 Å². The SMILES string of the molecule is Nc1ncc2c(-c3ccccc3)nn(-c3ccc(Cl)cc3)c2n1. The average molecular weight is 322 g/mol. The molecular formula is C17H12ClN5. The van der Waals surface area contributed by atoms with Crippen LogP contribution in [0, 0.1) is 0 Å². The van der Waals surface area contributed by atoms with Crippen LogP contribution in [0.3, 0.4) is 0 Å². The molecule has 0 aliphatic heterocycles. The third kappa shape index (κ3) is 2.41. The van der Waals surface area contributed by atoms with Crippen LogP contribution >= 0.6 is 11.6 Å². The van der Waals surface area contributed by atoms with E-state index < -0.39 is 0 Å². The summed E-state index contributed by atoms with van der Waals surface area (Å²) >= 11 is 5.97. The highest BCUT2D eigenvalue weighted by atomic mass is 35.5. The maximum absolute atomic E-state index is 5.97. The van der Waals surface area contributed by atoms with E-state index in [1.807, 2.05) is 54.6 Å². The fraction of sp³-hybridized carbons (Fsp3) is 0. The predicted octanol–water partition coefficient (Wildman–Crippen LogP) is 3.72. The van der Waals surface area contributed by atoms with Crippen LogP contribution < -0.4 is 5.73 Å². The summed E-state index contributed by atoms with van der Waals surface area (Å²) in [4.78, 5) is 8.46. The first kappa shape index (κ1) is 13.7. The fourth-order valence-electron chi connectivity index (χ4n) is 2.49. The van der Waals surface area contributed by atoms with Gasteiger partial charge in [-0.3, -0.25) is 0 Å². The van der Waals surface area contributed by atoms with Crippen molar-refractivity contribution in [1.29, 1.82) is 0 Å². The summed E-state index contributed by atoms with van der Waals surface area (Å²) in [6.07, 6.45) is 1.71. The summed E-state index contributed by atoms with van der Waals surface area (Å²) in [6, 6.07) is 17.3. The van der Waals surface area contributed by atoms with E-state index in [0.29, 0.717) is 10.7 Å². The Kier molecular flexibility index (Phi) is 3.20. The first-order valence-electron chi connectivity index (χ1n) is 7.05. The van der Waals surface area contributed by atoms with Crippen LogP contribution in [0.25, 0.3) is 28.0 Å². The second-order valence-electron chi connectivity index (χ2n) is 5.07. The van der Waals surface area contributed by atoms with Crippen molar-refractivity contribution in [2.45, 2.75) is 0 Å². The molecule has 0 spiro atoms. The molecule has 2 N–H and O–H groups in total. The minimum absolute atomic E-state index is 0.215. The van der Waals surface area contributed by atoms with Gasteiger partial charge in [0.25, 0.3) is 0 Å². The molecule has 0 unspecified atom stereocenters. The summed E-state index contributed by atoms with van der Waals surface area (Å²) in [5.74, 6) is 0.215. The quantitative estimate of drug-likeness (QED) is 0.611. The standard InChI is InChI=1S/C17H12ClN5/c18-12-6-8-13(9-7-12)23-16-14(10-20-17(19)21-16)15(22-23)11-4-2-1-3-5-11/h1-10H,(H2,19,20,21). The van der Waals surface area contributed by atoms with Crippen LogP contribution in [0.1, 0.15) is 0 Å². The van der Waals surface area contributed by atoms with Gasteiger partial charge in [-0.1, -0.05) is 41.9 Å². The van der Waals surface area contributed by atoms with Crippen LogP contribution in [0.2, 0.25) is 5.02 Å². The monoisotopic (exact) mass is 321 g/mol. The molecule has 2 aromatic carbocycles. The number of fused-ring (bicyclic) bond motifs is 1. The van der Waals surface area contributed by atoms with Crippen LogP contribution in [-0.2, 0) is 0 Å². The molecular weight excluding hydrogens is 310 g/mol. The van der Waals surface area contributed by atoms with Gasteiger partial charge in [0.1, 0.15) is 5.69 Å². The van der Waals surface area contributed by atoms with E-state index >= 15 is 0 Å². The Morgan fingerprint density at radius 3 is 2.43 bits per heavy atom. The summed E-state index contributed by atoms with van der Waals surface area (Å²) < 4.78 is 1.76. The number of benzene rings is 2. The molecule has 0 saturated carbocycles. The lowest BCUT2D eigenvalue weighted by atomic mass is 10.1. The van der Waals surface area contributed by atoms with Gasteiger partial charge in [-0.25, -0.2) is 9.67 Å². The highest BCUT2D eigenvalue weighted by Gasteiger charge is 2.15. The summed E-state index contributed by atoms with van der Waals surface area (Å²) in [6.45, 7) is 0. The molecule has 4 rings (SSSR count). The number of halogens is 1. The molecule has 0 saturated heterocycles. The van der Waals surface area contributed by atoms with Gasteiger partial charge >= 0.3 is 0 Å². The minimum Gasteiger partial charge on any atom is -0.368 e. The molecule has 2 aromatic heterocycles. The molecule has 6 heteroatoms. The second-order valence-corrected chi connectivity index (χ2v) is 5.50. The summed E-state index contributed by atoms with van der Waals surface area (Å²) in [7, 11) is 0. The Hall–Kier alpha value is -2.92. The van der Waals surface area contributed by atoms with Gasteiger partial charge in [0.05, 0.1) is 11.1 Å². The Balaban J connectivity index is 2.01. The Bertz CT molecular complexity index is 977. The Labute approximate surface area is 137 Å². The van der Waals surface area contributed by atoms with Crippen LogP contribution in [0.15, 0.2) is 60.8 Å². The van der Waals surface area contributed by atoms with Crippen molar-refractivity contribution in [3.63, 3.8) is 0 Å². The fourth-order valence-corrected chi connectivity index (χ4v) is 2.61. The van der Waals surface area contributed by atoms with Crippen molar-refractivity contribution < 1.29 is 0 Å². The van der Waals surface area contributed by atoms with Gasteiger partial charge in [-0.15, -0.1) is 0 Å². The van der Waals surface area contributed by atoms with E-state index in [4.69, 9.17) is 22.4 Å².